The highest BCUT2D eigenvalue weighted by atomic mass is 32.2. The number of fused-ring (bicyclic) bond motifs is 1. The van der Waals surface area contributed by atoms with E-state index in [-0.39, 0.29) is 6.03 Å². The summed E-state index contributed by atoms with van der Waals surface area (Å²) in [5.41, 5.74) is 2.00. The van der Waals surface area contributed by atoms with Crippen LogP contribution in [0.15, 0.2) is 88.9 Å². The molecule has 4 aromatic rings. The van der Waals surface area contributed by atoms with E-state index in [4.69, 9.17) is 4.74 Å². The first-order valence-corrected chi connectivity index (χ1v) is 9.72. The average Bonchev–Trinajstić information content (AvgIpc) is 2.74. The number of carbonyl (C=O) groups excluding carboxylic acids is 1. The Hall–Kier alpha value is -3.58. The van der Waals surface area contributed by atoms with E-state index < -0.39 is 0 Å². The fourth-order valence-corrected chi connectivity index (χ4v) is 3.67. The molecule has 144 valence electrons. The van der Waals surface area contributed by atoms with Gasteiger partial charge in [-0.15, -0.1) is 0 Å². The molecule has 29 heavy (non-hydrogen) atoms. The second-order valence-electron chi connectivity index (χ2n) is 6.13. The third kappa shape index (κ3) is 4.64. The molecule has 2 aromatic carbocycles. The summed E-state index contributed by atoms with van der Waals surface area (Å²) < 4.78 is 5.33. The van der Waals surface area contributed by atoms with Gasteiger partial charge in [-0.2, -0.15) is 0 Å². The summed E-state index contributed by atoms with van der Waals surface area (Å²) >= 11 is 1.60. The molecule has 2 amide bonds. The predicted molar refractivity (Wildman–Crippen MR) is 116 cm³/mol. The minimum absolute atomic E-state index is 0.362. The van der Waals surface area contributed by atoms with Crippen molar-refractivity contribution in [1.82, 2.24) is 9.97 Å². The van der Waals surface area contributed by atoms with Crippen molar-refractivity contribution < 1.29 is 9.53 Å². The summed E-state index contributed by atoms with van der Waals surface area (Å²) in [6, 6.07) is 20.7. The number of methoxy groups -OCH3 is 1. The van der Waals surface area contributed by atoms with Crippen molar-refractivity contribution in [2.75, 3.05) is 17.7 Å². The molecular weight excluding hydrogens is 384 g/mol. The monoisotopic (exact) mass is 402 g/mol. The van der Waals surface area contributed by atoms with Crippen LogP contribution >= 0.6 is 11.8 Å². The van der Waals surface area contributed by atoms with Gasteiger partial charge in [-0.25, -0.2) is 9.78 Å². The predicted octanol–water partition coefficient (Wildman–Crippen LogP) is 5.43. The van der Waals surface area contributed by atoms with Gasteiger partial charge in [0.1, 0.15) is 5.69 Å². The van der Waals surface area contributed by atoms with Gasteiger partial charge >= 0.3 is 6.03 Å². The molecule has 0 aliphatic carbocycles. The summed E-state index contributed by atoms with van der Waals surface area (Å²) in [7, 11) is 1.53. The van der Waals surface area contributed by atoms with Crippen molar-refractivity contribution in [3.63, 3.8) is 0 Å². The zero-order chi connectivity index (χ0) is 20.1. The van der Waals surface area contributed by atoms with Crippen LogP contribution in [0.2, 0.25) is 0 Å². The van der Waals surface area contributed by atoms with E-state index in [1.165, 1.54) is 7.11 Å². The van der Waals surface area contributed by atoms with Crippen molar-refractivity contribution in [3.05, 3.63) is 79.1 Å². The molecule has 0 spiro atoms. The van der Waals surface area contributed by atoms with Gasteiger partial charge < -0.3 is 15.4 Å². The number of aromatic nitrogens is 2. The third-order valence-corrected chi connectivity index (χ3v) is 5.11. The Kier molecular flexibility index (Phi) is 5.58. The number of anilines is 2. The molecule has 0 saturated heterocycles. The van der Waals surface area contributed by atoms with E-state index in [1.807, 2.05) is 66.7 Å². The quantitative estimate of drug-likeness (QED) is 0.465. The number of carbonyl (C=O) groups is 1. The van der Waals surface area contributed by atoms with Crippen LogP contribution in [0.25, 0.3) is 10.9 Å². The number of hydrogen-bond acceptors (Lipinski definition) is 5. The largest absolute Gasteiger partial charge is 0.479 e. The Morgan fingerprint density at radius 2 is 1.76 bits per heavy atom. The van der Waals surface area contributed by atoms with Gasteiger partial charge in [0.2, 0.25) is 5.88 Å². The van der Waals surface area contributed by atoms with Gasteiger partial charge in [0.25, 0.3) is 0 Å². The molecule has 0 atom stereocenters. The summed E-state index contributed by atoms with van der Waals surface area (Å²) in [6.45, 7) is 0. The molecule has 0 aliphatic heterocycles. The van der Waals surface area contributed by atoms with Gasteiger partial charge in [0.15, 0.2) is 0 Å². The maximum atomic E-state index is 12.5. The molecule has 4 rings (SSSR count). The molecule has 0 unspecified atom stereocenters. The Morgan fingerprint density at radius 3 is 2.59 bits per heavy atom. The van der Waals surface area contributed by atoms with Gasteiger partial charge in [-0.05, 0) is 42.5 Å². The number of urea groups is 1. The summed E-state index contributed by atoms with van der Waals surface area (Å²) in [6.07, 6.45) is 3.51. The first-order valence-electron chi connectivity index (χ1n) is 8.91. The van der Waals surface area contributed by atoms with Gasteiger partial charge in [-0.3, -0.25) is 4.98 Å². The van der Waals surface area contributed by atoms with E-state index in [0.717, 1.165) is 20.7 Å². The van der Waals surface area contributed by atoms with Crippen LogP contribution in [0.1, 0.15) is 0 Å². The van der Waals surface area contributed by atoms with Crippen molar-refractivity contribution in [2.24, 2.45) is 0 Å². The zero-order valence-corrected chi connectivity index (χ0v) is 16.4. The lowest BCUT2D eigenvalue weighted by molar-refractivity contribution is 0.262. The van der Waals surface area contributed by atoms with Crippen LogP contribution in [0, 0.1) is 0 Å². The van der Waals surface area contributed by atoms with E-state index in [1.54, 1.807) is 24.2 Å². The van der Waals surface area contributed by atoms with Crippen LogP contribution in [0.5, 0.6) is 5.88 Å². The number of benzene rings is 2. The number of nitrogens with one attached hydrogen (secondary N) is 2. The standard InChI is InChI=1S/C22H18N4O2S/c1-28-21-20(13-15-5-2-3-8-19(15)25-21)26-22(27)24-16-6-4-7-18(14-16)29-17-9-11-23-12-10-17/h2-14H,1H3,(H2,24,26,27). The van der Waals surface area contributed by atoms with Gasteiger partial charge in [-0.1, -0.05) is 36.0 Å². The highest BCUT2D eigenvalue weighted by Gasteiger charge is 2.11. The van der Waals surface area contributed by atoms with E-state index in [2.05, 4.69) is 20.6 Å². The fourth-order valence-electron chi connectivity index (χ4n) is 2.81. The van der Waals surface area contributed by atoms with E-state index in [9.17, 15) is 4.79 Å². The maximum Gasteiger partial charge on any atom is 0.323 e. The average molecular weight is 402 g/mol. The van der Waals surface area contributed by atoms with Gasteiger partial charge in [0, 0.05) is 33.3 Å². The molecule has 0 bridgehead atoms. The van der Waals surface area contributed by atoms with Crippen LogP contribution in [-0.2, 0) is 0 Å². The van der Waals surface area contributed by atoms with Crippen LogP contribution in [-0.4, -0.2) is 23.1 Å². The van der Waals surface area contributed by atoms with Crippen molar-refractivity contribution in [3.8, 4) is 5.88 Å². The first kappa shape index (κ1) is 18.8. The minimum atomic E-state index is -0.369. The fraction of sp³-hybridized carbons (Fsp3) is 0.0455. The maximum absolute atomic E-state index is 12.5. The molecule has 2 heterocycles. The van der Waals surface area contributed by atoms with E-state index >= 15 is 0 Å². The lowest BCUT2D eigenvalue weighted by atomic mass is 10.2. The van der Waals surface area contributed by atoms with Crippen molar-refractivity contribution >= 4 is 40.1 Å². The summed E-state index contributed by atoms with van der Waals surface area (Å²) in [5, 5.41) is 6.59. The highest BCUT2D eigenvalue weighted by Crippen LogP contribution is 2.29. The Morgan fingerprint density at radius 1 is 0.931 bits per heavy atom. The SMILES string of the molecule is COc1nc2ccccc2cc1NC(=O)Nc1cccc(Sc2ccncc2)c1. The normalized spacial score (nSPS) is 10.5. The number of amides is 2. The highest BCUT2D eigenvalue weighted by molar-refractivity contribution is 7.99. The van der Waals surface area contributed by atoms with Crippen molar-refractivity contribution in [1.29, 1.82) is 0 Å². The van der Waals surface area contributed by atoms with Crippen LogP contribution in [0.4, 0.5) is 16.2 Å². The topological polar surface area (TPSA) is 76.1 Å². The van der Waals surface area contributed by atoms with Crippen LogP contribution < -0.4 is 15.4 Å². The lowest BCUT2D eigenvalue weighted by Gasteiger charge is -2.12. The molecule has 2 aromatic heterocycles. The van der Waals surface area contributed by atoms with Gasteiger partial charge in [0.05, 0.1) is 12.6 Å². The molecule has 0 aliphatic rings. The second-order valence-corrected chi connectivity index (χ2v) is 7.28. The molecular formula is C22H18N4O2S. The van der Waals surface area contributed by atoms with Crippen LogP contribution in [0.3, 0.4) is 0 Å². The number of hydrogen-bond donors (Lipinski definition) is 2. The number of ether oxygens (including phenoxy) is 1. The molecule has 0 fully saturated rings. The number of rotatable bonds is 5. The number of nitrogens with zero attached hydrogens (tertiary/aromatic N) is 2. The minimum Gasteiger partial charge on any atom is -0.479 e. The van der Waals surface area contributed by atoms with Crippen molar-refractivity contribution in [2.45, 2.75) is 9.79 Å². The molecule has 2 N–H and O–H groups in total. The molecule has 7 heteroatoms. The molecule has 0 saturated carbocycles. The Bertz CT molecular complexity index is 1150. The molecule has 6 nitrogen and oxygen atoms in total. The third-order valence-electron chi connectivity index (χ3n) is 4.11. The number of para-hydroxylation sites is 1. The lowest BCUT2D eigenvalue weighted by Crippen LogP contribution is -2.20. The molecule has 0 radical (unpaired) electrons. The second kappa shape index (κ2) is 8.62. The summed E-state index contributed by atoms with van der Waals surface area (Å²) in [5.74, 6) is 0.362. The Balaban J connectivity index is 1.49. The first-order chi connectivity index (χ1) is 14.2. The number of pyridine rings is 2. The zero-order valence-electron chi connectivity index (χ0n) is 15.6. The Labute approximate surface area is 172 Å². The summed E-state index contributed by atoms with van der Waals surface area (Å²) in [4.78, 5) is 23.1. The van der Waals surface area contributed by atoms with E-state index in [0.29, 0.717) is 17.3 Å². The smallest absolute Gasteiger partial charge is 0.323 e.